The quantitative estimate of drug-likeness (QED) is 0.937. The topological polar surface area (TPSA) is 44.5 Å². The van der Waals surface area contributed by atoms with Gasteiger partial charge in [0.1, 0.15) is 19.0 Å². The summed E-state index contributed by atoms with van der Waals surface area (Å²) in [5, 5.41) is 0. The van der Waals surface area contributed by atoms with Gasteiger partial charge in [-0.15, -0.1) is 0 Å². The molecule has 0 unspecified atom stereocenters. The van der Waals surface area contributed by atoms with Crippen LogP contribution >= 0.6 is 11.8 Å². The van der Waals surface area contributed by atoms with Crippen LogP contribution in [0, 0.1) is 5.82 Å². The summed E-state index contributed by atoms with van der Waals surface area (Å²) >= 11 is 1.54. The van der Waals surface area contributed by atoms with Crippen molar-refractivity contribution in [3.63, 3.8) is 0 Å². The minimum Gasteiger partial charge on any atom is -0.486 e. The molecule has 2 aromatic rings. The van der Waals surface area contributed by atoms with E-state index in [0.29, 0.717) is 13.2 Å². The van der Waals surface area contributed by atoms with Gasteiger partial charge >= 0.3 is 0 Å². The zero-order chi connectivity index (χ0) is 14.8. The van der Waals surface area contributed by atoms with Crippen molar-refractivity contribution in [3.05, 3.63) is 47.8 Å². The molecule has 0 saturated heterocycles. The molecule has 3 nitrogen and oxygen atoms in total. The number of benzene rings is 2. The summed E-state index contributed by atoms with van der Waals surface area (Å²) in [5.41, 5.74) is 6.72. The number of fused-ring (bicyclic) bond motifs is 1. The minimum absolute atomic E-state index is 0.222. The van der Waals surface area contributed by atoms with Gasteiger partial charge in [0.05, 0.1) is 0 Å². The molecule has 0 spiro atoms. The molecule has 0 radical (unpaired) electrons. The Balaban J connectivity index is 1.90. The van der Waals surface area contributed by atoms with Crippen LogP contribution in [0.15, 0.2) is 46.2 Å². The molecule has 0 aromatic heterocycles. The summed E-state index contributed by atoms with van der Waals surface area (Å²) in [6.45, 7) is 2.98. The molecule has 1 atom stereocenters. The second-order valence-corrected chi connectivity index (χ2v) is 5.99. The second kappa shape index (κ2) is 5.95. The van der Waals surface area contributed by atoms with Gasteiger partial charge in [0.15, 0.2) is 11.5 Å². The molecule has 2 aromatic carbocycles. The van der Waals surface area contributed by atoms with Gasteiger partial charge < -0.3 is 15.2 Å². The lowest BCUT2D eigenvalue weighted by Gasteiger charge is -2.19. The summed E-state index contributed by atoms with van der Waals surface area (Å²) in [4.78, 5) is 1.95. The van der Waals surface area contributed by atoms with Crippen LogP contribution in [0.4, 0.5) is 4.39 Å². The Bertz CT molecular complexity index is 661. The van der Waals surface area contributed by atoms with Crippen molar-refractivity contribution in [2.75, 3.05) is 13.2 Å². The first-order valence-corrected chi connectivity index (χ1v) is 7.57. The van der Waals surface area contributed by atoms with E-state index in [1.54, 1.807) is 17.8 Å². The zero-order valence-electron chi connectivity index (χ0n) is 11.6. The largest absolute Gasteiger partial charge is 0.486 e. The number of nitrogens with two attached hydrogens (primary N) is 1. The molecule has 1 aliphatic heterocycles. The van der Waals surface area contributed by atoms with E-state index in [1.165, 1.54) is 12.1 Å². The highest BCUT2D eigenvalue weighted by Crippen LogP contribution is 2.38. The molecule has 2 N–H and O–H groups in total. The standard InChI is InChI=1S/C16H16FNO2S/c1-10(18)13-8-11(17)2-5-16(13)21-12-3-4-14-15(9-12)20-7-6-19-14/h2-5,8-10H,6-7,18H2,1H3/t10-/m0/s1. The minimum atomic E-state index is -0.270. The van der Waals surface area contributed by atoms with E-state index in [0.717, 1.165) is 26.9 Å². The highest BCUT2D eigenvalue weighted by molar-refractivity contribution is 7.99. The molecule has 0 bridgehead atoms. The van der Waals surface area contributed by atoms with Gasteiger partial charge in [-0.1, -0.05) is 11.8 Å². The molecule has 1 heterocycles. The molecular weight excluding hydrogens is 289 g/mol. The molecule has 5 heteroatoms. The number of hydrogen-bond acceptors (Lipinski definition) is 4. The van der Waals surface area contributed by atoms with Crippen LogP contribution in [0.25, 0.3) is 0 Å². The molecule has 0 amide bonds. The van der Waals surface area contributed by atoms with E-state index in [-0.39, 0.29) is 11.9 Å². The highest BCUT2D eigenvalue weighted by Gasteiger charge is 2.14. The Hall–Kier alpha value is -1.72. The van der Waals surface area contributed by atoms with Crippen LogP contribution in [-0.4, -0.2) is 13.2 Å². The predicted molar refractivity (Wildman–Crippen MR) is 80.6 cm³/mol. The van der Waals surface area contributed by atoms with Gasteiger partial charge in [0, 0.05) is 15.8 Å². The lowest BCUT2D eigenvalue weighted by atomic mass is 10.1. The molecule has 0 aliphatic carbocycles. The SMILES string of the molecule is C[C@H](N)c1cc(F)ccc1Sc1ccc2c(c1)OCCO2. The van der Waals surface area contributed by atoms with Gasteiger partial charge in [0.25, 0.3) is 0 Å². The first-order chi connectivity index (χ1) is 10.1. The van der Waals surface area contributed by atoms with Crippen LogP contribution in [0.3, 0.4) is 0 Å². The number of hydrogen-bond donors (Lipinski definition) is 1. The van der Waals surface area contributed by atoms with Crippen LogP contribution in [0.1, 0.15) is 18.5 Å². The Labute approximate surface area is 127 Å². The third kappa shape index (κ3) is 3.14. The summed E-state index contributed by atoms with van der Waals surface area (Å²) in [6, 6.07) is 10.3. The maximum atomic E-state index is 13.4. The van der Waals surface area contributed by atoms with Crippen molar-refractivity contribution in [1.29, 1.82) is 0 Å². The first-order valence-electron chi connectivity index (χ1n) is 6.76. The normalized spacial score (nSPS) is 14.8. The van der Waals surface area contributed by atoms with Gasteiger partial charge in [-0.05, 0) is 48.9 Å². The highest BCUT2D eigenvalue weighted by atomic mass is 32.2. The van der Waals surface area contributed by atoms with Crippen molar-refractivity contribution in [3.8, 4) is 11.5 Å². The van der Waals surface area contributed by atoms with Crippen LogP contribution in [0.5, 0.6) is 11.5 Å². The first kappa shape index (κ1) is 14.2. The van der Waals surface area contributed by atoms with Gasteiger partial charge in [-0.2, -0.15) is 0 Å². The number of halogens is 1. The molecule has 0 saturated carbocycles. The van der Waals surface area contributed by atoms with Crippen LogP contribution < -0.4 is 15.2 Å². The lowest BCUT2D eigenvalue weighted by Crippen LogP contribution is -2.15. The van der Waals surface area contributed by atoms with E-state index < -0.39 is 0 Å². The lowest BCUT2D eigenvalue weighted by molar-refractivity contribution is 0.171. The Kier molecular flexibility index (Phi) is 4.03. The van der Waals surface area contributed by atoms with Crippen molar-refractivity contribution in [2.24, 2.45) is 5.73 Å². The third-order valence-corrected chi connectivity index (χ3v) is 4.29. The molecule has 110 valence electrons. The maximum Gasteiger partial charge on any atom is 0.162 e. The molecule has 3 rings (SSSR count). The van der Waals surface area contributed by atoms with Crippen molar-refractivity contribution in [1.82, 2.24) is 0 Å². The summed E-state index contributed by atoms with van der Waals surface area (Å²) in [7, 11) is 0. The summed E-state index contributed by atoms with van der Waals surface area (Å²) in [6.07, 6.45) is 0. The molecular formula is C16H16FNO2S. The van der Waals surface area contributed by atoms with Crippen molar-refractivity contribution >= 4 is 11.8 Å². The fourth-order valence-electron chi connectivity index (χ4n) is 2.18. The van der Waals surface area contributed by atoms with Crippen molar-refractivity contribution in [2.45, 2.75) is 22.8 Å². The average Bonchev–Trinajstić information content (AvgIpc) is 2.49. The fourth-order valence-corrected chi connectivity index (χ4v) is 3.24. The van der Waals surface area contributed by atoms with Gasteiger partial charge in [-0.25, -0.2) is 4.39 Å². The van der Waals surface area contributed by atoms with E-state index in [4.69, 9.17) is 15.2 Å². The molecule has 1 aliphatic rings. The third-order valence-electron chi connectivity index (χ3n) is 3.20. The zero-order valence-corrected chi connectivity index (χ0v) is 12.5. The van der Waals surface area contributed by atoms with Crippen LogP contribution in [-0.2, 0) is 0 Å². The fraction of sp³-hybridized carbons (Fsp3) is 0.250. The average molecular weight is 305 g/mol. The molecule has 0 fully saturated rings. The maximum absolute atomic E-state index is 13.4. The van der Waals surface area contributed by atoms with E-state index >= 15 is 0 Å². The Morgan fingerprint density at radius 3 is 2.62 bits per heavy atom. The van der Waals surface area contributed by atoms with E-state index in [2.05, 4.69) is 0 Å². The number of rotatable bonds is 3. The second-order valence-electron chi connectivity index (χ2n) is 4.88. The van der Waals surface area contributed by atoms with Gasteiger partial charge in [-0.3, -0.25) is 0 Å². The van der Waals surface area contributed by atoms with Crippen molar-refractivity contribution < 1.29 is 13.9 Å². The monoisotopic (exact) mass is 305 g/mol. The molecule has 21 heavy (non-hydrogen) atoms. The summed E-state index contributed by atoms with van der Waals surface area (Å²) in [5.74, 6) is 1.24. The van der Waals surface area contributed by atoms with E-state index in [9.17, 15) is 4.39 Å². The number of ether oxygens (including phenoxy) is 2. The Morgan fingerprint density at radius 1 is 1.10 bits per heavy atom. The smallest absolute Gasteiger partial charge is 0.162 e. The predicted octanol–water partition coefficient (Wildman–Crippen LogP) is 3.77. The summed E-state index contributed by atoms with van der Waals surface area (Å²) < 4.78 is 24.4. The van der Waals surface area contributed by atoms with Crippen LogP contribution in [0.2, 0.25) is 0 Å². The van der Waals surface area contributed by atoms with Gasteiger partial charge in [0.2, 0.25) is 0 Å². The van der Waals surface area contributed by atoms with E-state index in [1.807, 2.05) is 25.1 Å². The Morgan fingerprint density at radius 2 is 1.86 bits per heavy atom.